The Bertz CT molecular complexity index is 1100. The van der Waals surface area contributed by atoms with Crippen LogP contribution in [0.4, 0.5) is 0 Å². The molecule has 26 heavy (non-hydrogen) atoms. The molecule has 6 heteroatoms. The lowest BCUT2D eigenvalue weighted by Crippen LogP contribution is -2.26. The van der Waals surface area contributed by atoms with Crippen LogP contribution in [0.15, 0.2) is 53.4 Å². The van der Waals surface area contributed by atoms with Crippen molar-refractivity contribution in [2.45, 2.75) is 31.1 Å². The average Bonchev–Trinajstić information content (AvgIpc) is 3.14. The zero-order chi connectivity index (χ0) is 18.3. The molecule has 5 nitrogen and oxygen atoms in total. The highest BCUT2D eigenvalue weighted by Crippen LogP contribution is 2.31. The van der Waals surface area contributed by atoms with Gasteiger partial charge in [0, 0.05) is 24.0 Å². The number of rotatable bonds is 5. The molecule has 0 spiro atoms. The summed E-state index contributed by atoms with van der Waals surface area (Å²) in [6, 6.07) is 14.6. The van der Waals surface area contributed by atoms with Crippen LogP contribution in [-0.2, 0) is 22.9 Å². The molecule has 2 aromatic carbocycles. The summed E-state index contributed by atoms with van der Waals surface area (Å²) >= 11 is 0. The Morgan fingerprint density at radius 2 is 1.77 bits per heavy atom. The van der Waals surface area contributed by atoms with Gasteiger partial charge in [-0.2, -0.15) is 0 Å². The highest BCUT2D eigenvalue weighted by atomic mass is 32.2. The molecule has 0 bridgehead atoms. The van der Waals surface area contributed by atoms with Gasteiger partial charge >= 0.3 is 0 Å². The zero-order valence-corrected chi connectivity index (χ0v) is 15.3. The summed E-state index contributed by atoms with van der Waals surface area (Å²) in [6.45, 7) is 2.22. The van der Waals surface area contributed by atoms with Gasteiger partial charge in [0.25, 0.3) is 0 Å². The van der Waals surface area contributed by atoms with Crippen LogP contribution < -0.4 is 4.72 Å². The minimum atomic E-state index is -3.53. The third-order valence-corrected chi connectivity index (χ3v) is 6.39. The second-order valence-electron chi connectivity index (χ2n) is 6.63. The molecule has 0 saturated heterocycles. The van der Waals surface area contributed by atoms with Crippen LogP contribution >= 0.6 is 0 Å². The number of nitrogens with one attached hydrogen (secondary N) is 1. The first-order valence-electron chi connectivity index (χ1n) is 8.68. The van der Waals surface area contributed by atoms with Gasteiger partial charge in [0.15, 0.2) is 0 Å². The van der Waals surface area contributed by atoms with Crippen molar-refractivity contribution < 1.29 is 13.2 Å². The summed E-state index contributed by atoms with van der Waals surface area (Å²) in [5.41, 5.74) is 4.02. The van der Waals surface area contributed by atoms with Gasteiger partial charge in [-0.25, -0.2) is 13.1 Å². The van der Waals surface area contributed by atoms with Gasteiger partial charge < -0.3 is 0 Å². The van der Waals surface area contributed by atoms with Crippen LogP contribution in [0, 0.1) is 6.92 Å². The largest absolute Gasteiger partial charge is 0.284 e. The van der Waals surface area contributed by atoms with Crippen molar-refractivity contribution in [1.29, 1.82) is 0 Å². The highest BCUT2D eigenvalue weighted by Gasteiger charge is 2.26. The maximum Gasteiger partial charge on any atom is 0.240 e. The van der Waals surface area contributed by atoms with Crippen molar-refractivity contribution in [3.63, 3.8) is 0 Å². The minimum Gasteiger partial charge on any atom is -0.284 e. The maximum absolute atomic E-state index is 12.5. The van der Waals surface area contributed by atoms with E-state index < -0.39 is 10.0 Å². The Morgan fingerprint density at radius 1 is 1.04 bits per heavy atom. The second kappa shape index (κ2) is 6.37. The van der Waals surface area contributed by atoms with Gasteiger partial charge in [0.2, 0.25) is 15.9 Å². The van der Waals surface area contributed by atoms with Crippen molar-refractivity contribution in [1.82, 2.24) is 9.29 Å². The normalized spacial score (nSPS) is 14.1. The smallest absolute Gasteiger partial charge is 0.240 e. The van der Waals surface area contributed by atoms with Crippen molar-refractivity contribution in [3.05, 3.63) is 65.4 Å². The number of aryl methyl sites for hydroxylation is 1. The van der Waals surface area contributed by atoms with E-state index in [1.165, 1.54) is 0 Å². The fourth-order valence-corrected chi connectivity index (χ4v) is 4.67. The first-order chi connectivity index (χ1) is 12.5. The van der Waals surface area contributed by atoms with E-state index in [9.17, 15) is 13.2 Å². The van der Waals surface area contributed by atoms with E-state index >= 15 is 0 Å². The van der Waals surface area contributed by atoms with Crippen LogP contribution in [0.25, 0.3) is 10.9 Å². The number of fused-ring (bicyclic) bond motifs is 3. The third-order valence-electron chi connectivity index (χ3n) is 4.91. The quantitative estimate of drug-likeness (QED) is 0.753. The number of hydrogen-bond acceptors (Lipinski definition) is 3. The molecule has 0 unspecified atom stereocenters. The van der Waals surface area contributed by atoms with E-state index in [0.29, 0.717) is 25.8 Å². The molecule has 3 aromatic rings. The Balaban J connectivity index is 1.58. The van der Waals surface area contributed by atoms with Gasteiger partial charge in [-0.1, -0.05) is 35.9 Å². The molecule has 0 fully saturated rings. The first-order valence-corrected chi connectivity index (χ1v) is 10.2. The average molecular weight is 368 g/mol. The number of aromatic nitrogens is 1. The number of carbonyl (C=O) groups excluding carboxylic acids is 1. The van der Waals surface area contributed by atoms with Crippen LogP contribution in [-0.4, -0.2) is 25.4 Å². The van der Waals surface area contributed by atoms with E-state index in [1.54, 1.807) is 28.8 Å². The lowest BCUT2D eigenvalue weighted by molar-refractivity contribution is 0.0928. The summed E-state index contributed by atoms with van der Waals surface area (Å²) in [5.74, 6) is 0.114. The standard InChI is InChI=1S/C20H20N2O3S/c1-14-6-8-15(9-7-14)26(24,25)21-13-12-17-16-4-2-3-5-18(16)22-19(17)10-11-20(22)23/h2-9,21H,10-13H2,1H3. The number of hydrogen-bond donors (Lipinski definition) is 1. The van der Waals surface area contributed by atoms with Crippen molar-refractivity contribution in [2.75, 3.05) is 6.54 Å². The topological polar surface area (TPSA) is 68.2 Å². The summed E-state index contributed by atoms with van der Waals surface area (Å²) < 4.78 is 29.4. The molecule has 1 aliphatic heterocycles. The number of carbonyl (C=O) groups is 1. The molecule has 4 rings (SSSR count). The predicted octanol–water partition coefficient (Wildman–Crippen LogP) is 3.06. The molecule has 0 radical (unpaired) electrons. The van der Waals surface area contributed by atoms with Gasteiger partial charge in [-0.05, 0) is 43.5 Å². The minimum absolute atomic E-state index is 0.114. The molecule has 0 amide bonds. The van der Waals surface area contributed by atoms with E-state index in [4.69, 9.17) is 0 Å². The lowest BCUT2D eigenvalue weighted by Gasteiger charge is -2.08. The van der Waals surface area contributed by atoms with E-state index in [2.05, 4.69) is 4.72 Å². The van der Waals surface area contributed by atoms with Crippen LogP contribution in [0.2, 0.25) is 0 Å². The molecule has 1 aromatic heterocycles. The van der Waals surface area contributed by atoms with Crippen LogP contribution in [0.5, 0.6) is 0 Å². The first kappa shape index (κ1) is 17.0. The zero-order valence-electron chi connectivity index (χ0n) is 14.5. The molecule has 134 valence electrons. The maximum atomic E-state index is 12.5. The Labute approximate surface area is 152 Å². The highest BCUT2D eigenvalue weighted by molar-refractivity contribution is 7.89. The molecule has 0 atom stereocenters. The number of benzene rings is 2. The second-order valence-corrected chi connectivity index (χ2v) is 8.40. The van der Waals surface area contributed by atoms with E-state index in [1.807, 2.05) is 31.2 Å². The summed E-state index contributed by atoms with van der Waals surface area (Å²) in [5, 5.41) is 1.03. The summed E-state index contributed by atoms with van der Waals surface area (Å²) in [4.78, 5) is 12.5. The lowest BCUT2D eigenvalue weighted by atomic mass is 10.1. The Kier molecular flexibility index (Phi) is 4.17. The SMILES string of the molecule is Cc1ccc(S(=O)(=O)NCCc2c3n(c4ccccc24)C(=O)CC3)cc1. The molecule has 0 saturated carbocycles. The van der Waals surface area contributed by atoms with Gasteiger partial charge in [-0.15, -0.1) is 0 Å². The predicted molar refractivity (Wildman–Crippen MR) is 101 cm³/mol. The fourth-order valence-electron chi connectivity index (χ4n) is 3.63. The Hall–Kier alpha value is -2.44. The monoisotopic (exact) mass is 368 g/mol. The molecular weight excluding hydrogens is 348 g/mol. The molecule has 0 aliphatic carbocycles. The van der Waals surface area contributed by atoms with Crippen LogP contribution in [0.3, 0.4) is 0 Å². The van der Waals surface area contributed by atoms with Crippen molar-refractivity contribution >= 4 is 26.8 Å². The number of para-hydroxylation sites is 1. The molecule has 1 N–H and O–H groups in total. The fraction of sp³-hybridized carbons (Fsp3) is 0.250. The van der Waals surface area contributed by atoms with Crippen LogP contribution in [0.1, 0.15) is 28.0 Å². The van der Waals surface area contributed by atoms with E-state index in [-0.39, 0.29) is 10.8 Å². The van der Waals surface area contributed by atoms with Gasteiger partial charge in [0.1, 0.15) is 0 Å². The van der Waals surface area contributed by atoms with Gasteiger partial charge in [0.05, 0.1) is 10.4 Å². The van der Waals surface area contributed by atoms with Crippen molar-refractivity contribution in [2.24, 2.45) is 0 Å². The van der Waals surface area contributed by atoms with E-state index in [0.717, 1.165) is 27.7 Å². The third kappa shape index (κ3) is 2.85. The molecular formula is C20H20N2O3S. The van der Waals surface area contributed by atoms with Crippen molar-refractivity contribution in [3.8, 4) is 0 Å². The number of nitrogens with zero attached hydrogens (tertiary/aromatic N) is 1. The molecule has 1 aliphatic rings. The Morgan fingerprint density at radius 3 is 2.54 bits per heavy atom. The summed E-state index contributed by atoms with van der Waals surface area (Å²) in [7, 11) is -3.53. The van der Waals surface area contributed by atoms with Gasteiger partial charge in [-0.3, -0.25) is 9.36 Å². The number of sulfonamides is 1. The summed E-state index contributed by atoms with van der Waals surface area (Å²) in [6.07, 6.45) is 1.79. The molecule has 2 heterocycles.